The molecule has 0 spiro atoms. The Kier molecular flexibility index (Phi) is 1.55. The van der Waals surface area contributed by atoms with Gasteiger partial charge in [-0.1, -0.05) is 0 Å². The van der Waals surface area contributed by atoms with Gasteiger partial charge in [-0.05, 0) is 18.2 Å². The lowest BCUT2D eigenvalue weighted by molar-refractivity contribution is 0.487. The van der Waals surface area contributed by atoms with Crippen LogP contribution in [0.1, 0.15) is 0 Å². The van der Waals surface area contributed by atoms with Crippen LogP contribution in [0, 0.1) is 5.82 Å². The summed E-state index contributed by atoms with van der Waals surface area (Å²) < 4.78 is 17.4. The summed E-state index contributed by atoms with van der Waals surface area (Å²) in [5.41, 5.74) is 5.25. The second kappa shape index (κ2) is 2.58. The Hall–Kier alpha value is -1.84. The molecule has 0 fully saturated rings. The number of hydrogen-bond acceptors (Lipinski definition) is 3. The summed E-state index contributed by atoms with van der Waals surface area (Å²) in [5, 5.41) is 0.520. The minimum Gasteiger partial charge on any atom is -0.421 e. The molecule has 2 N–H and O–H groups in total. The highest BCUT2D eigenvalue weighted by Crippen LogP contribution is 2.15. The van der Waals surface area contributed by atoms with Crippen molar-refractivity contribution in [3.63, 3.8) is 0 Å². The number of halogens is 1. The van der Waals surface area contributed by atoms with Crippen molar-refractivity contribution < 1.29 is 8.81 Å². The van der Waals surface area contributed by atoms with Gasteiger partial charge in [0.15, 0.2) is 0 Å². The van der Waals surface area contributed by atoms with Crippen molar-refractivity contribution in [2.24, 2.45) is 0 Å². The van der Waals surface area contributed by atoms with Crippen LogP contribution in [-0.4, -0.2) is 0 Å². The average molecular weight is 179 g/mol. The largest absolute Gasteiger partial charge is 0.421 e. The minimum absolute atomic E-state index is 0.298. The molecule has 66 valence electrons. The molecule has 0 aliphatic carbocycles. The summed E-state index contributed by atoms with van der Waals surface area (Å²) >= 11 is 0. The van der Waals surface area contributed by atoms with Crippen LogP contribution in [0.15, 0.2) is 33.5 Å². The van der Waals surface area contributed by atoms with E-state index in [9.17, 15) is 9.18 Å². The molecule has 0 saturated carbocycles. The first kappa shape index (κ1) is 7.79. The van der Waals surface area contributed by atoms with Crippen molar-refractivity contribution in [1.82, 2.24) is 0 Å². The second-order valence-electron chi connectivity index (χ2n) is 2.68. The molecule has 1 aromatic carbocycles. The summed E-state index contributed by atoms with van der Waals surface area (Å²) in [7, 11) is 0. The first-order valence-electron chi connectivity index (χ1n) is 3.66. The molecule has 3 nitrogen and oxygen atoms in total. The van der Waals surface area contributed by atoms with Crippen LogP contribution in [0.25, 0.3) is 11.0 Å². The molecular weight excluding hydrogens is 173 g/mol. The molecule has 2 rings (SSSR count). The lowest BCUT2D eigenvalue weighted by Gasteiger charge is -1.96. The summed E-state index contributed by atoms with van der Waals surface area (Å²) in [6, 6.07) is 5.81. The van der Waals surface area contributed by atoms with Gasteiger partial charge in [-0.2, -0.15) is 4.39 Å². The van der Waals surface area contributed by atoms with E-state index in [0.29, 0.717) is 16.7 Å². The molecular formula is C9H6FNO2. The Morgan fingerprint density at radius 1 is 1.31 bits per heavy atom. The second-order valence-corrected chi connectivity index (χ2v) is 2.68. The zero-order valence-electron chi connectivity index (χ0n) is 6.58. The Bertz CT molecular complexity index is 518. The maximum absolute atomic E-state index is 12.7. The highest BCUT2D eigenvalue weighted by atomic mass is 19.1. The molecule has 0 radical (unpaired) electrons. The maximum atomic E-state index is 12.7. The number of fused-ring (bicyclic) bond motifs is 1. The molecule has 0 amide bonds. The fourth-order valence-electron chi connectivity index (χ4n) is 1.10. The average Bonchev–Trinajstić information content (AvgIpc) is 2.08. The number of nitrogen functional groups attached to an aromatic ring is 1. The molecule has 0 atom stereocenters. The van der Waals surface area contributed by atoms with E-state index in [1.807, 2.05) is 0 Å². The fourth-order valence-corrected chi connectivity index (χ4v) is 1.10. The van der Waals surface area contributed by atoms with E-state index in [1.165, 1.54) is 6.07 Å². The van der Waals surface area contributed by atoms with Gasteiger partial charge in [0.1, 0.15) is 5.58 Å². The smallest absolute Gasteiger partial charge is 0.372 e. The molecule has 0 aliphatic heterocycles. The highest BCUT2D eigenvalue weighted by molar-refractivity contribution is 5.79. The first-order valence-corrected chi connectivity index (χ1v) is 3.66. The van der Waals surface area contributed by atoms with Crippen LogP contribution in [0.3, 0.4) is 0 Å². The lowest BCUT2D eigenvalue weighted by Crippen LogP contribution is -2.03. The van der Waals surface area contributed by atoms with E-state index >= 15 is 0 Å². The van der Waals surface area contributed by atoms with Gasteiger partial charge in [0.25, 0.3) is 0 Å². The zero-order chi connectivity index (χ0) is 9.42. The quantitative estimate of drug-likeness (QED) is 0.492. The third-order valence-electron chi connectivity index (χ3n) is 1.72. The highest BCUT2D eigenvalue weighted by Gasteiger charge is 2.03. The molecule has 1 heterocycles. The molecule has 0 bridgehead atoms. The van der Waals surface area contributed by atoms with Crippen LogP contribution in [0.2, 0.25) is 0 Å². The first-order chi connectivity index (χ1) is 6.16. The van der Waals surface area contributed by atoms with Crippen LogP contribution >= 0.6 is 0 Å². The van der Waals surface area contributed by atoms with Gasteiger partial charge in [-0.15, -0.1) is 0 Å². The lowest BCUT2D eigenvalue weighted by atomic mass is 10.2. The Morgan fingerprint density at radius 3 is 2.85 bits per heavy atom. The van der Waals surface area contributed by atoms with Crippen LogP contribution in [0.4, 0.5) is 10.1 Å². The van der Waals surface area contributed by atoms with E-state index in [-0.39, 0.29) is 0 Å². The van der Waals surface area contributed by atoms with E-state index in [1.54, 1.807) is 12.1 Å². The maximum Gasteiger partial charge on any atom is 0.372 e. The number of anilines is 1. The van der Waals surface area contributed by atoms with Crippen LogP contribution < -0.4 is 11.4 Å². The standard InChI is InChI=1S/C9H6FNO2/c10-7-3-5-1-2-6(11)4-8(5)13-9(7)12/h1-4H,11H2. The molecule has 1 aromatic heterocycles. The van der Waals surface area contributed by atoms with Crippen molar-refractivity contribution in [2.75, 3.05) is 5.73 Å². The van der Waals surface area contributed by atoms with Crippen molar-refractivity contribution in [2.45, 2.75) is 0 Å². The van der Waals surface area contributed by atoms with Gasteiger partial charge >= 0.3 is 5.63 Å². The topological polar surface area (TPSA) is 56.2 Å². The van der Waals surface area contributed by atoms with Gasteiger partial charge in [-0.3, -0.25) is 0 Å². The van der Waals surface area contributed by atoms with E-state index < -0.39 is 11.4 Å². The summed E-state index contributed by atoms with van der Waals surface area (Å²) in [6.07, 6.45) is 0. The number of benzene rings is 1. The minimum atomic E-state index is -0.974. The SMILES string of the molecule is Nc1ccc2cc(F)c(=O)oc2c1. The van der Waals surface area contributed by atoms with Crippen molar-refractivity contribution in [1.29, 1.82) is 0 Å². The van der Waals surface area contributed by atoms with Crippen molar-refractivity contribution in [3.8, 4) is 0 Å². The molecule has 0 aliphatic rings. The van der Waals surface area contributed by atoms with Crippen LogP contribution in [-0.2, 0) is 0 Å². The van der Waals surface area contributed by atoms with Crippen molar-refractivity contribution >= 4 is 16.7 Å². The Labute approximate surface area is 72.6 Å². The monoisotopic (exact) mass is 179 g/mol. The van der Waals surface area contributed by atoms with E-state index in [4.69, 9.17) is 5.73 Å². The van der Waals surface area contributed by atoms with Gasteiger partial charge in [-0.25, -0.2) is 4.79 Å². The van der Waals surface area contributed by atoms with E-state index in [0.717, 1.165) is 6.07 Å². The molecule has 13 heavy (non-hydrogen) atoms. The predicted molar refractivity (Wildman–Crippen MR) is 46.9 cm³/mol. The fraction of sp³-hybridized carbons (Fsp3) is 0. The molecule has 4 heteroatoms. The van der Waals surface area contributed by atoms with Gasteiger partial charge in [0.05, 0.1) is 0 Å². The third kappa shape index (κ3) is 1.26. The van der Waals surface area contributed by atoms with Crippen molar-refractivity contribution in [3.05, 3.63) is 40.5 Å². The summed E-state index contributed by atoms with van der Waals surface area (Å²) in [4.78, 5) is 10.8. The normalized spacial score (nSPS) is 10.5. The Balaban J connectivity index is 2.89. The van der Waals surface area contributed by atoms with E-state index in [2.05, 4.69) is 4.42 Å². The molecule has 0 saturated heterocycles. The summed E-state index contributed by atoms with van der Waals surface area (Å²) in [5.74, 6) is -0.891. The van der Waals surface area contributed by atoms with Crippen LogP contribution in [0.5, 0.6) is 0 Å². The summed E-state index contributed by atoms with van der Waals surface area (Å²) in [6.45, 7) is 0. The predicted octanol–water partition coefficient (Wildman–Crippen LogP) is 1.51. The zero-order valence-corrected chi connectivity index (χ0v) is 6.58. The van der Waals surface area contributed by atoms with Gasteiger partial charge in [0.2, 0.25) is 5.82 Å². The Morgan fingerprint density at radius 2 is 2.08 bits per heavy atom. The number of rotatable bonds is 0. The molecule has 0 unspecified atom stereocenters. The third-order valence-corrected chi connectivity index (χ3v) is 1.72. The van der Waals surface area contributed by atoms with Gasteiger partial charge in [0, 0.05) is 17.1 Å². The van der Waals surface area contributed by atoms with Gasteiger partial charge < -0.3 is 10.2 Å². The number of hydrogen-bond donors (Lipinski definition) is 1. The number of nitrogens with two attached hydrogens (primary N) is 1. The molecule has 2 aromatic rings.